The van der Waals surface area contributed by atoms with E-state index in [9.17, 15) is 52.7 Å². The molecule has 0 aliphatic heterocycles. The van der Waals surface area contributed by atoms with Crippen LogP contribution in [0.5, 0.6) is 0 Å². The molecule has 0 N–H and O–H groups in total. The van der Waals surface area contributed by atoms with Crippen molar-refractivity contribution in [2.24, 2.45) is 5.92 Å². The third-order valence-electron chi connectivity index (χ3n) is 2.86. The second-order valence-electron chi connectivity index (χ2n) is 4.36. The topological polar surface area (TPSA) is 0 Å². The SMILES string of the molecule is CC(F)(F)C1C(F)(F)C(F)(F)C(F)(F)C(F)(F)C1(F)F. The molecule has 0 heterocycles. The molecule has 0 amide bonds. The van der Waals surface area contributed by atoms with Gasteiger partial charge in [-0.2, -0.15) is 43.9 Å². The van der Waals surface area contributed by atoms with E-state index in [1.165, 1.54) is 0 Å². The van der Waals surface area contributed by atoms with Crippen LogP contribution in [-0.4, -0.2) is 35.5 Å². The molecular weight excluding hydrogens is 324 g/mol. The lowest BCUT2D eigenvalue weighted by Crippen LogP contribution is -2.79. The van der Waals surface area contributed by atoms with E-state index in [2.05, 4.69) is 0 Å². The molecule has 1 aliphatic rings. The van der Waals surface area contributed by atoms with Crippen LogP contribution in [0.15, 0.2) is 0 Å². The predicted octanol–water partition coefficient (Wildman–Crippen LogP) is 4.45. The van der Waals surface area contributed by atoms with Crippen molar-refractivity contribution in [3.63, 3.8) is 0 Å². The maximum atomic E-state index is 13.0. The van der Waals surface area contributed by atoms with Gasteiger partial charge >= 0.3 is 29.6 Å². The number of alkyl halides is 12. The van der Waals surface area contributed by atoms with Crippen LogP contribution in [0.1, 0.15) is 6.92 Å². The minimum Gasteiger partial charge on any atom is -0.206 e. The molecule has 0 atom stereocenters. The highest BCUT2D eigenvalue weighted by molar-refractivity contribution is 5.20. The van der Waals surface area contributed by atoms with Crippen molar-refractivity contribution in [3.05, 3.63) is 0 Å². The lowest BCUT2D eigenvalue weighted by Gasteiger charge is -2.50. The largest absolute Gasteiger partial charge is 0.384 e. The zero-order valence-electron chi connectivity index (χ0n) is 9.11. The Morgan fingerprint density at radius 3 is 1.05 bits per heavy atom. The van der Waals surface area contributed by atoms with Gasteiger partial charge in [-0.1, -0.05) is 0 Å². The van der Waals surface area contributed by atoms with Crippen molar-refractivity contribution < 1.29 is 52.7 Å². The highest BCUT2D eigenvalue weighted by atomic mass is 19.4. The van der Waals surface area contributed by atoms with Gasteiger partial charge in [0, 0.05) is 6.92 Å². The Hall–Kier alpha value is -0.840. The van der Waals surface area contributed by atoms with E-state index in [4.69, 9.17) is 0 Å². The van der Waals surface area contributed by atoms with Gasteiger partial charge in [-0.15, -0.1) is 0 Å². The van der Waals surface area contributed by atoms with Gasteiger partial charge in [0.1, 0.15) is 0 Å². The van der Waals surface area contributed by atoms with Crippen molar-refractivity contribution in [2.45, 2.75) is 42.5 Å². The molecule has 1 rings (SSSR count). The van der Waals surface area contributed by atoms with Gasteiger partial charge in [0.15, 0.2) is 5.92 Å². The van der Waals surface area contributed by atoms with E-state index < -0.39 is 48.4 Å². The molecule has 120 valence electrons. The minimum atomic E-state index is -7.21. The summed E-state index contributed by atoms with van der Waals surface area (Å²) in [5, 5.41) is 0. The Balaban J connectivity index is 3.74. The van der Waals surface area contributed by atoms with E-state index in [1.54, 1.807) is 0 Å². The molecule has 1 fully saturated rings. The van der Waals surface area contributed by atoms with Crippen molar-refractivity contribution in [1.82, 2.24) is 0 Å². The van der Waals surface area contributed by atoms with Crippen molar-refractivity contribution >= 4 is 0 Å². The first-order chi connectivity index (χ1) is 8.37. The first-order valence-electron chi connectivity index (χ1n) is 4.63. The first-order valence-corrected chi connectivity index (χ1v) is 4.63. The number of halogens is 12. The maximum absolute atomic E-state index is 13.0. The summed E-state index contributed by atoms with van der Waals surface area (Å²) < 4.78 is 153. The summed E-state index contributed by atoms with van der Waals surface area (Å²) in [7, 11) is 0. The fourth-order valence-electron chi connectivity index (χ4n) is 1.84. The van der Waals surface area contributed by atoms with Gasteiger partial charge in [0.2, 0.25) is 0 Å². The molecule has 0 aromatic heterocycles. The van der Waals surface area contributed by atoms with Crippen LogP contribution in [0, 0.1) is 5.92 Å². The number of rotatable bonds is 1. The average molecular weight is 328 g/mol. The summed E-state index contributed by atoms with van der Waals surface area (Å²) in [4.78, 5) is 0. The summed E-state index contributed by atoms with van der Waals surface area (Å²) in [5.74, 6) is -45.7. The lowest BCUT2D eigenvalue weighted by atomic mass is 9.72. The number of hydrogen-bond donors (Lipinski definition) is 0. The molecule has 1 aliphatic carbocycles. The van der Waals surface area contributed by atoms with Gasteiger partial charge in [0.25, 0.3) is 5.92 Å². The summed E-state index contributed by atoms with van der Waals surface area (Å²) in [6.45, 7) is -0.769. The Bertz CT molecular complexity index is 372. The van der Waals surface area contributed by atoms with Crippen LogP contribution in [-0.2, 0) is 0 Å². The molecule has 0 unspecified atom stereocenters. The molecule has 12 heteroatoms. The standard InChI is InChI=1S/C8H4F12/c1-3(9,10)2-4(11,12)6(15,16)8(19,20)7(17,18)5(2,13)14/h2H,1H3. The summed E-state index contributed by atoms with van der Waals surface area (Å²) in [5.41, 5.74) is 0. The van der Waals surface area contributed by atoms with Crippen LogP contribution in [0.25, 0.3) is 0 Å². The highest BCUT2D eigenvalue weighted by Gasteiger charge is 2.97. The molecule has 20 heavy (non-hydrogen) atoms. The van der Waals surface area contributed by atoms with Crippen LogP contribution >= 0.6 is 0 Å². The van der Waals surface area contributed by atoms with E-state index in [-0.39, 0.29) is 0 Å². The fraction of sp³-hybridized carbons (Fsp3) is 1.00. The second-order valence-corrected chi connectivity index (χ2v) is 4.36. The molecule has 1 saturated carbocycles. The van der Waals surface area contributed by atoms with Crippen LogP contribution < -0.4 is 0 Å². The van der Waals surface area contributed by atoms with Crippen molar-refractivity contribution in [1.29, 1.82) is 0 Å². The molecule has 0 aromatic rings. The predicted molar refractivity (Wildman–Crippen MR) is 38.8 cm³/mol. The number of hydrogen-bond acceptors (Lipinski definition) is 0. The van der Waals surface area contributed by atoms with Crippen molar-refractivity contribution in [2.75, 3.05) is 0 Å². The Labute approximate surface area is 102 Å². The quantitative estimate of drug-likeness (QED) is 0.624. The average Bonchev–Trinajstić information content (AvgIpc) is 2.11. The van der Waals surface area contributed by atoms with E-state index in [0.29, 0.717) is 0 Å². The van der Waals surface area contributed by atoms with Gasteiger partial charge in [0.05, 0.1) is 0 Å². The van der Waals surface area contributed by atoms with Gasteiger partial charge in [-0.25, -0.2) is 8.78 Å². The highest BCUT2D eigenvalue weighted by Crippen LogP contribution is 2.69. The fourth-order valence-corrected chi connectivity index (χ4v) is 1.84. The Kier molecular flexibility index (Phi) is 3.16. The van der Waals surface area contributed by atoms with E-state index >= 15 is 0 Å². The molecule has 0 spiro atoms. The first kappa shape index (κ1) is 17.2. The molecule has 0 bridgehead atoms. The third-order valence-corrected chi connectivity index (χ3v) is 2.86. The molecule has 0 aromatic carbocycles. The Morgan fingerprint density at radius 2 is 0.850 bits per heavy atom. The second kappa shape index (κ2) is 3.67. The van der Waals surface area contributed by atoms with Crippen LogP contribution in [0.2, 0.25) is 0 Å². The summed E-state index contributed by atoms with van der Waals surface area (Å²) in [6.07, 6.45) is 0. The normalized spacial score (nSPS) is 31.1. The zero-order chi connectivity index (χ0) is 16.6. The van der Waals surface area contributed by atoms with Gasteiger partial charge in [-0.3, -0.25) is 0 Å². The van der Waals surface area contributed by atoms with Gasteiger partial charge < -0.3 is 0 Å². The Morgan fingerprint density at radius 1 is 0.600 bits per heavy atom. The third kappa shape index (κ3) is 1.59. The monoisotopic (exact) mass is 328 g/mol. The van der Waals surface area contributed by atoms with Crippen LogP contribution in [0.4, 0.5) is 52.7 Å². The summed E-state index contributed by atoms with van der Waals surface area (Å²) in [6, 6.07) is 0. The van der Waals surface area contributed by atoms with E-state index in [1.807, 2.05) is 0 Å². The minimum absolute atomic E-state index is 0.769. The molecular formula is C8H4F12. The molecule has 0 radical (unpaired) electrons. The zero-order valence-corrected chi connectivity index (χ0v) is 9.11. The molecule has 0 nitrogen and oxygen atoms in total. The maximum Gasteiger partial charge on any atom is 0.384 e. The van der Waals surface area contributed by atoms with Crippen LogP contribution in [0.3, 0.4) is 0 Å². The lowest BCUT2D eigenvalue weighted by molar-refractivity contribution is -0.478. The van der Waals surface area contributed by atoms with Gasteiger partial charge in [-0.05, 0) is 0 Å². The molecule has 0 saturated heterocycles. The smallest absolute Gasteiger partial charge is 0.206 e. The summed E-state index contributed by atoms with van der Waals surface area (Å²) >= 11 is 0. The van der Waals surface area contributed by atoms with E-state index in [0.717, 1.165) is 0 Å². The van der Waals surface area contributed by atoms with Crippen molar-refractivity contribution in [3.8, 4) is 0 Å².